The highest BCUT2D eigenvalue weighted by molar-refractivity contribution is 5.93. The molecular weight excluding hydrogens is 324 g/mol. The number of hydrogen-bond acceptors (Lipinski definition) is 5. The molecule has 0 bridgehead atoms. The summed E-state index contributed by atoms with van der Waals surface area (Å²) in [5.74, 6) is 0.143. The molecule has 0 spiro atoms. The van der Waals surface area contributed by atoms with Crippen LogP contribution >= 0.6 is 0 Å². The van der Waals surface area contributed by atoms with Gasteiger partial charge in [-0.3, -0.25) is 9.59 Å². The Kier molecular flexibility index (Phi) is 4.72. The predicted molar refractivity (Wildman–Crippen MR) is 88.2 cm³/mol. The second-order valence-corrected chi connectivity index (χ2v) is 6.77. The summed E-state index contributed by atoms with van der Waals surface area (Å²) in [4.78, 5) is 33.5. The molecule has 0 aliphatic carbocycles. The normalized spacial score (nSPS) is 24.1. The lowest BCUT2D eigenvalue weighted by Gasteiger charge is -2.32. The maximum Gasteiger partial charge on any atom is 0.274 e. The Hall–Kier alpha value is -1.93. The smallest absolute Gasteiger partial charge is 0.274 e. The predicted octanol–water partition coefficient (Wildman–Crippen LogP) is -0.223. The van der Waals surface area contributed by atoms with Crippen LogP contribution in [0.4, 0.5) is 0 Å². The van der Waals surface area contributed by atoms with E-state index in [-0.39, 0.29) is 17.7 Å². The SMILES string of the molecule is O=C(c1ncn2c1CCC(C(=O)N1CCOCC1)C2)N1CCOCC1. The van der Waals surface area contributed by atoms with Crippen LogP contribution in [-0.2, 0) is 27.2 Å². The van der Waals surface area contributed by atoms with E-state index in [0.717, 1.165) is 12.1 Å². The first kappa shape index (κ1) is 16.5. The van der Waals surface area contributed by atoms with E-state index in [1.165, 1.54) is 0 Å². The Bertz CT molecular complexity index is 647. The summed E-state index contributed by atoms with van der Waals surface area (Å²) in [5, 5.41) is 0. The summed E-state index contributed by atoms with van der Waals surface area (Å²) < 4.78 is 12.6. The summed E-state index contributed by atoms with van der Waals surface area (Å²) in [7, 11) is 0. The van der Waals surface area contributed by atoms with Gasteiger partial charge in [-0.15, -0.1) is 0 Å². The van der Waals surface area contributed by atoms with Crippen LogP contribution in [0.2, 0.25) is 0 Å². The Morgan fingerprint density at radius 3 is 2.32 bits per heavy atom. The van der Waals surface area contributed by atoms with Gasteiger partial charge in [0, 0.05) is 32.7 Å². The van der Waals surface area contributed by atoms with E-state index in [1.807, 2.05) is 9.47 Å². The molecular formula is C17H24N4O4. The highest BCUT2D eigenvalue weighted by Crippen LogP contribution is 2.25. The zero-order valence-corrected chi connectivity index (χ0v) is 14.4. The molecule has 0 aromatic carbocycles. The average Bonchev–Trinajstić information content (AvgIpc) is 3.11. The molecule has 4 heterocycles. The van der Waals surface area contributed by atoms with E-state index in [1.54, 1.807) is 11.2 Å². The number of carbonyl (C=O) groups is 2. The third-order valence-corrected chi connectivity index (χ3v) is 5.27. The van der Waals surface area contributed by atoms with E-state index >= 15 is 0 Å². The molecule has 2 fully saturated rings. The third kappa shape index (κ3) is 3.28. The molecule has 2 saturated heterocycles. The lowest BCUT2D eigenvalue weighted by Crippen LogP contribution is -2.45. The summed E-state index contributed by atoms with van der Waals surface area (Å²) in [6.45, 7) is 5.58. The second-order valence-electron chi connectivity index (χ2n) is 6.77. The number of rotatable bonds is 2. The van der Waals surface area contributed by atoms with Gasteiger partial charge in [-0.2, -0.15) is 0 Å². The van der Waals surface area contributed by atoms with Crippen LogP contribution in [0.1, 0.15) is 22.6 Å². The van der Waals surface area contributed by atoms with Crippen molar-refractivity contribution in [2.75, 3.05) is 52.6 Å². The number of morpholine rings is 2. The number of ether oxygens (including phenoxy) is 2. The summed E-state index contributed by atoms with van der Waals surface area (Å²) >= 11 is 0. The van der Waals surface area contributed by atoms with Crippen molar-refractivity contribution in [1.82, 2.24) is 19.4 Å². The molecule has 25 heavy (non-hydrogen) atoms. The van der Waals surface area contributed by atoms with Crippen molar-refractivity contribution in [3.8, 4) is 0 Å². The first-order valence-electron chi connectivity index (χ1n) is 9.01. The molecule has 8 nitrogen and oxygen atoms in total. The zero-order valence-electron chi connectivity index (χ0n) is 14.4. The molecule has 2 amide bonds. The number of aromatic nitrogens is 2. The minimum Gasteiger partial charge on any atom is -0.378 e. The largest absolute Gasteiger partial charge is 0.378 e. The molecule has 0 radical (unpaired) electrons. The van der Waals surface area contributed by atoms with Crippen molar-refractivity contribution in [2.45, 2.75) is 19.4 Å². The number of hydrogen-bond donors (Lipinski definition) is 0. The van der Waals surface area contributed by atoms with Crippen molar-refractivity contribution >= 4 is 11.8 Å². The number of fused-ring (bicyclic) bond motifs is 1. The van der Waals surface area contributed by atoms with E-state index < -0.39 is 0 Å². The fourth-order valence-electron chi connectivity index (χ4n) is 3.81. The van der Waals surface area contributed by atoms with Gasteiger partial charge >= 0.3 is 0 Å². The van der Waals surface area contributed by atoms with Crippen LogP contribution in [0.5, 0.6) is 0 Å². The Morgan fingerprint density at radius 2 is 1.64 bits per heavy atom. The molecule has 1 aromatic rings. The average molecular weight is 348 g/mol. The zero-order chi connectivity index (χ0) is 17.2. The van der Waals surface area contributed by atoms with Gasteiger partial charge in [0.2, 0.25) is 5.91 Å². The molecule has 1 unspecified atom stereocenters. The molecule has 3 aliphatic heterocycles. The highest BCUT2D eigenvalue weighted by atomic mass is 16.5. The fraction of sp³-hybridized carbons (Fsp3) is 0.706. The van der Waals surface area contributed by atoms with Crippen molar-refractivity contribution in [1.29, 1.82) is 0 Å². The van der Waals surface area contributed by atoms with Gasteiger partial charge in [-0.05, 0) is 12.8 Å². The van der Waals surface area contributed by atoms with Crippen LogP contribution in [0.25, 0.3) is 0 Å². The Labute approximate surface area is 146 Å². The van der Waals surface area contributed by atoms with Gasteiger partial charge < -0.3 is 23.8 Å². The van der Waals surface area contributed by atoms with Gasteiger partial charge in [0.1, 0.15) is 5.69 Å². The first-order valence-corrected chi connectivity index (χ1v) is 9.01. The standard InChI is InChI=1S/C17H24N4O4/c22-16(19-3-7-24-8-4-19)13-1-2-14-15(18-12-21(14)11-13)17(23)20-5-9-25-10-6-20/h12-13H,1-11H2. The second kappa shape index (κ2) is 7.13. The summed E-state index contributed by atoms with van der Waals surface area (Å²) in [6, 6.07) is 0. The number of carbonyl (C=O) groups excluding carboxylic acids is 2. The van der Waals surface area contributed by atoms with Crippen molar-refractivity contribution < 1.29 is 19.1 Å². The van der Waals surface area contributed by atoms with Gasteiger partial charge in [0.25, 0.3) is 5.91 Å². The van der Waals surface area contributed by atoms with E-state index in [4.69, 9.17) is 9.47 Å². The van der Waals surface area contributed by atoms with E-state index in [0.29, 0.717) is 71.3 Å². The number of imidazole rings is 1. The van der Waals surface area contributed by atoms with Gasteiger partial charge in [-0.1, -0.05) is 0 Å². The molecule has 0 saturated carbocycles. The minimum atomic E-state index is -0.0360. The quantitative estimate of drug-likeness (QED) is 0.738. The maximum atomic E-state index is 12.7. The van der Waals surface area contributed by atoms with Crippen LogP contribution in [0.15, 0.2) is 6.33 Å². The van der Waals surface area contributed by atoms with Crippen LogP contribution in [-0.4, -0.2) is 83.8 Å². The van der Waals surface area contributed by atoms with Crippen molar-refractivity contribution in [3.63, 3.8) is 0 Å². The topological polar surface area (TPSA) is 76.9 Å². The van der Waals surface area contributed by atoms with Crippen molar-refractivity contribution in [3.05, 3.63) is 17.7 Å². The first-order chi connectivity index (χ1) is 12.2. The number of nitrogens with zero attached hydrogens (tertiary/aromatic N) is 4. The molecule has 1 aromatic heterocycles. The minimum absolute atomic E-state index is 0.0185. The molecule has 4 rings (SSSR count). The third-order valence-electron chi connectivity index (χ3n) is 5.27. The molecule has 1 atom stereocenters. The molecule has 136 valence electrons. The lowest BCUT2D eigenvalue weighted by molar-refractivity contribution is -0.140. The molecule has 3 aliphatic rings. The van der Waals surface area contributed by atoms with E-state index in [2.05, 4.69) is 4.98 Å². The van der Waals surface area contributed by atoms with Gasteiger partial charge in [-0.25, -0.2) is 4.98 Å². The molecule has 8 heteroatoms. The number of amides is 2. The van der Waals surface area contributed by atoms with E-state index in [9.17, 15) is 9.59 Å². The monoisotopic (exact) mass is 348 g/mol. The summed E-state index contributed by atoms with van der Waals surface area (Å²) in [6.07, 6.45) is 3.19. The van der Waals surface area contributed by atoms with Crippen LogP contribution < -0.4 is 0 Å². The summed E-state index contributed by atoms with van der Waals surface area (Å²) in [5.41, 5.74) is 1.50. The van der Waals surface area contributed by atoms with Crippen LogP contribution in [0, 0.1) is 5.92 Å². The van der Waals surface area contributed by atoms with Crippen LogP contribution in [0.3, 0.4) is 0 Å². The van der Waals surface area contributed by atoms with Crippen molar-refractivity contribution in [2.24, 2.45) is 5.92 Å². The lowest BCUT2D eigenvalue weighted by atomic mass is 9.95. The fourth-order valence-corrected chi connectivity index (χ4v) is 3.81. The highest BCUT2D eigenvalue weighted by Gasteiger charge is 2.32. The molecule has 0 N–H and O–H groups in total. The van der Waals surface area contributed by atoms with Gasteiger partial charge in [0.05, 0.1) is 44.4 Å². The Morgan fingerprint density at radius 1 is 1.00 bits per heavy atom. The Balaban J connectivity index is 1.45. The van der Waals surface area contributed by atoms with Gasteiger partial charge in [0.15, 0.2) is 0 Å². The maximum absolute atomic E-state index is 12.7.